The first-order chi connectivity index (χ1) is 8.94. The predicted octanol–water partition coefficient (Wildman–Crippen LogP) is 1.22. The smallest absolute Gasteiger partial charge is 0.356 e. The lowest BCUT2D eigenvalue weighted by molar-refractivity contribution is -0.143. The first kappa shape index (κ1) is 15.8. The molecule has 4 nitrogen and oxygen atoms in total. The molecule has 1 heterocycles. The molecule has 0 spiro atoms. The Hall–Kier alpha value is -1.24. The van der Waals surface area contributed by atoms with Crippen LogP contribution in [0.4, 0.5) is 13.2 Å². The van der Waals surface area contributed by atoms with E-state index in [-0.39, 0.29) is 5.92 Å². The summed E-state index contributed by atoms with van der Waals surface area (Å²) in [6.45, 7) is 4.99. The average Bonchev–Trinajstić information content (AvgIpc) is 2.74. The third kappa shape index (κ3) is 6.47. The fraction of sp³-hybridized carbons (Fsp3) is 0.750. The molecule has 0 aromatic heterocycles. The second kappa shape index (κ2) is 7.37. The Morgan fingerprint density at radius 3 is 2.79 bits per heavy atom. The average molecular weight is 278 g/mol. The van der Waals surface area contributed by atoms with Gasteiger partial charge in [-0.25, -0.2) is 0 Å². The number of nitrogens with zero attached hydrogens (tertiary/aromatic N) is 2. The largest absolute Gasteiger partial charge is 0.401 e. The van der Waals surface area contributed by atoms with Crippen LogP contribution in [0.3, 0.4) is 0 Å². The molecule has 0 aliphatic carbocycles. The van der Waals surface area contributed by atoms with Crippen molar-refractivity contribution in [3.8, 4) is 0 Å². The van der Waals surface area contributed by atoms with Gasteiger partial charge in [-0.2, -0.15) is 13.2 Å². The van der Waals surface area contributed by atoms with Crippen LogP contribution < -0.4 is 10.6 Å². The van der Waals surface area contributed by atoms with E-state index in [1.165, 1.54) is 4.90 Å². The Morgan fingerprint density at radius 1 is 1.47 bits per heavy atom. The highest BCUT2D eigenvalue weighted by Crippen LogP contribution is 2.22. The van der Waals surface area contributed by atoms with E-state index < -0.39 is 12.7 Å². The van der Waals surface area contributed by atoms with E-state index in [1.54, 1.807) is 13.1 Å². The minimum absolute atomic E-state index is 0.227. The molecule has 1 atom stereocenters. The second-order valence-corrected chi connectivity index (χ2v) is 4.63. The normalized spacial score (nSPS) is 21.5. The number of hydrogen-bond acceptors (Lipinski definition) is 2. The van der Waals surface area contributed by atoms with Gasteiger partial charge in [0.15, 0.2) is 5.96 Å². The SMILES string of the molecule is C=CCNC(=NC)NCC1CCN(CC(F)(F)F)C1. The molecule has 1 unspecified atom stereocenters. The zero-order valence-electron chi connectivity index (χ0n) is 11.1. The maximum atomic E-state index is 12.2. The van der Waals surface area contributed by atoms with Crippen molar-refractivity contribution in [2.45, 2.75) is 12.6 Å². The summed E-state index contributed by atoms with van der Waals surface area (Å²) in [6.07, 6.45) is -1.61. The minimum Gasteiger partial charge on any atom is -0.356 e. The van der Waals surface area contributed by atoms with Crippen molar-refractivity contribution in [3.63, 3.8) is 0 Å². The zero-order valence-corrected chi connectivity index (χ0v) is 11.1. The quantitative estimate of drug-likeness (QED) is 0.451. The van der Waals surface area contributed by atoms with Gasteiger partial charge in [-0.1, -0.05) is 6.08 Å². The molecule has 2 N–H and O–H groups in total. The monoisotopic (exact) mass is 278 g/mol. The molecule has 0 aromatic carbocycles. The van der Waals surface area contributed by atoms with Gasteiger partial charge < -0.3 is 10.6 Å². The Bertz CT molecular complexity index is 315. The molecule has 1 aliphatic rings. The summed E-state index contributed by atoms with van der Waals surface area (Å²) in [5.41, 5.74) is 0. The van der Waals surface area contributed by atoms with Gasteiger partial charge in [0.25, 0.3) is 0 Å². The van der Waals surface area contributed by atoms with Crippen molar-refractivity contribution in [2.75, 3.05) is 39.8 Å². The molecular weight excluding hydrogens is 257 g/mol. The standard InChI is InChI=1S/C12H21F3N4/c1-3-5-17-11(16-2)18-7-10-4-6-19(8-10)9-12(13,14)15/h3,10H,1,4-9H2,2H3,(H2,16,17,18). The van der Waals surface area contributed by atoms with Crippen LogP contribution in [0.15, 0.2) is 17.6 Å². The Morgan fingerprint density at radius 2 is 2.21 bits per heavy atom. The summed E-state index contributed by atoms with van der Waals surface area (Å²) in [5, 5.41) is 6.13. The number of halogens is 3. The van der Waals surface area contributed by atoms with Gasteiger partial charge in [-0.05, 0) is 18.9 Å². The first-order valence-corrected chi connectivity index (χ1v) is 6.29. The number of rotatable bonds is 5. The number of alkyl halides is 3. The van der Waals surface area contributed by atoms with Crippen LogP contribution >= 0.6 is 0 Å². The van der Waals surface area contributed by atoms with E-state index in [0.717, 1.165) is 6.42 Å². The molecule has 19 heavy (non-hydrogen) atoms. The fourth-order valence-electron chi connectivity index (χ4n) is 2.11. The number of nitrogens with one attached hydrogen (secondary N) is 2. The number of hydrogen-bond donors (Lipinski definition) is 2. The molecule has 1 rings (SSSR count). The highest BCUT2D eigenvalue weighted by molar-refractivity contribution is 5.79. The van der Waals surface area contributed by atoms with Crippen LogP contribution in [0.1, 0.15) is 6.42 Å². The molecule has 0 saturated carbocycles. The summed E-state index contributed by atoms with van der Waals surface area (Å²) in [7, 11) is 1.66. The third-order valence-electron chi connectivity index (χ3n) is 2.97. The molecular formula is C12H21F3N4. The topological polar surface area (TPSA) is 39.7 Å². The molecule has 1 saturated heterocycles. The Kier molecular flexibility index (Phi) is 6.14. The van der Waals surface area contributed by atoms with Gasteiger partial charge in [0.05, 0.1) is 6.54 Å². The molecule has 0 bridgehead atoms. The van der Waals surface area contributed by atoms with Crippen molar-refractivity contribution < 1.29 is 13.2 Å². The number of aliphatic imine (C=N–C) groups is 1. The lowest BCUT2D eigenvalue weighted by atomic mass is 10.1. The Labute approximate surface area is 111 Å². The lowest BCUT2D eigenvalue weighted by Crippen LogP contribution is -2.40. The molecule has 1 fully saturated rings. The van der Waals surface area contributed by atoms with E-state index in [9.17, 15) is 13.2 Å². The van der Waals surface area contributed by atoms with E-state index in [1.807, 2.05) is 0 Å². The van der Waals surface area contributed by atoms with Gasteiger partial charge >= 0.3 is 6.18 Å². The van der Waals surface area contributed by atoms with Crippen LogP contribution in [0, 0.1) is 5.92 Å². The molecule has 0 amide bonds. The summed E-state index contributed by atoms with van der Waals surface area (Å²) in [6, 6.07) is 0. The maximum Gasteiger partial charge on any atom is 0.401 e. The molecule has 0 aromatic rings. The Balaban J connectivity index is 2.26. The van der Waals surface area contributed by atoms with E-state index in [4.69, 9.17) is 0 Å². The van der Waals surface area contributed by atoms with Crippen molar-refractivity contribution in [2.24, 2.45) is 10.9 Å². The summed E-state index contributed by atoms with van der Waals surface area (Å²) in [5.74, 6) is 0.874. The molecule has 7 heteroatoms. The number of guanidine groups is 1. The highest BCUT2D eigenvalue weighted by atomic mass is 19.4. The maximum absolute atomic E-state index is 12.2. The molecule has 110 valence electrons. The minimum atomic E-state index is -4.11. The second-order valence-electron chi connectivity index (χ2n) is 4.63. The molecule has 1 aliphatic heterocycles. The van der Waals surface area contributed by atoms with Crippen LogP contribution in [-0.2, 0) is 0 Å². The van der Waals surface area contributed by atoms with Crippen molar-refractivity contribution in [1.29, 1.82) is 0 Å². The predicted molar refractivity (Wildman–Crippen MR) is 70.2 cm³/mol. The van der Waals surface area contributed by atoms with Gasteiger partial charge in [0.1, 0.15) is 0 Å². The zero-order chi connectivity index (χ0) is 14.3. The van der Waals surface area contributed by atoms with Gasteiger partial charge in [0, 0.05) is 26.7 Å². The summed E-state index contributed by atoms with van der Waals surface area (Å²) in [4.78, 5) is 5.47. The van der Waals surface area contributed by atoms with Gasteiger partial charge in [-0.3, -0.25) is 9.89 Å². The van der Waals surface area contributed by atoms with Crippen LogP contribution in [0.25, 0.3) is 0 Å². The van der Waals surface area contributed by atoms with E-state index in [2.05, 4.69) is 22.2 Å². The van der Waals surface area contributed by atoms with Crippen LogP contribution in [0.5, 0.6) is 0 Å². The van der Waals surface area contributed by atoms with Gasteiger partial charge in [-0.15, -0.1) is 6.58 Å². The third-order valence-corrected chi connectivity index (χ3v) is 2.97. The first-order valence-electron chi connectivity index (χ1n) is 6.29. The highest BCUT2D eigenvalue weighted by Gasteiger charge is 2.34. The summed E-state index contributed by atoms with van der Waals surface area (Å²) >= 11 is 0. The van der Waals surface area contributed by atoms with E-state index >= 15 is 0 Å². The van der Waals surface area contributed by atoms with E-state index in [0.29, 0.717) is 32.1 Å². The van der Waals surface area contributed by atoms with Crippen molar-refractivity contribution >= 4 is 5.96 Å². The van der Waals surface area contributed by atoms with Gasteiger partial charge in [0.2, 0.25) is 0 Å². The molecule has 0 radical (unpaired) electrons. The number of likely N-dealkylation sites (tertiary alicyclic amines) is 1. The summed E-state index contributed by atoms with van der Waals surface area (Å²) < 4.78 is 36.7. The lowest BCUT2D eigenvalue weighted by Gasteiger charge is -2.18. The van der Waals surface area contributed by atoms with Crippen molar-refractivity contribution in [1.82, 2.24) is 15.5 Å². The van der Waals surface area contributed by atoms with Crippen LogP contribution in [0.2, 0.25) is 0 Å². The van der Waals surface area contributed by atoms with Crippen molar-refractivity contribution in [3.05, 3.63) is 12.7 Å². The fourth-order valence-corrected chi connectivity index (χ4v) is 2.11. The van der Waals surface area contributed by atoms with Crippen LogP contribution in [-0.4, -0.2) is 56.8 Å².